The van der Waals surface area contributed by atoms with Gasteiger partial charge >= 0.3 is 0 Å². The maximum Gasteiger partial charge on any atom is 0.266 e. The number of nitrogens with zero attached hydrogens (tertiary/aromatic N) is 3. The lowest BCUT2D eigenvalue weighted by Gasteiger charge is -2.28. The molecular weight excluding hydrogens is 417 g/mol. The number of carbonyl (C=O) groups is 1. The Morgan fingerprint density at radius 3 is 2.39 bits per heavy atom. The molecule has 0 N–H and O–H groups in total. The fourth-order valence-corrected chi connectivity index (χ4v) is 3.85. The summed E-state index contributed by atoms with van der Waals surface area (Å²) in [6.07, 6.45) is 3.80. The normalized spacial score (nSPS) is 12.2. The number of benzene rings is 3. The summed E-state index contributed by atoms with van der Waals surface area (Å²) in [7, 11) is 1.70. The summed E-state index contributed by atoms with van der Waals surface area (Å²) in [6, 6.07) is 21.9. The molecule has 1 heterocycles. The highest BCUT2D eigenvalue weighted by Crippen LogP contribution is 2.25. The molecule has 1 atom stereocenters. The van der Waals surface area contributed by atoms with Gasteiger partial charge in [-0.2, -0.15) is 0 Å². The molecule has 0 saturated heterocycles. The fraction of sp³-hybridized carbons (Fsp3) is 0.148. The van der Waals surface area contributed by atoms with Gasteiger partial charge in [0.05, 0.1) is 22.6 Å². The van der Waals surface area contributed by atoms with E-state index in [0.717, 1.165) is 5.56 Å². The number of fused-ring (bicyclic) bond motifs is 1. The Balaban J connectivity index is 1.81. The number of aromatic nitrogens is 2. The molecule has 1 unspecified atom stereocenters. The molecule has 3 aromatic carbocycles. The van der Waals surface area contributed by atoms with Crippen molar-refractivity contribution in [2.45, 2.75) is 19.4 Å². The van der Waals surface area contributed by atoms with E-state index in [1.165, 1.54) is 22.8 Å². The highest BCUT2D eigenvalue weighted by molar-refractivity contribution is 5.92. The van der Waals surface area contributed by atoms with Crippen LogP contribution >= 0.6 is 0 Å². The van der Waals surface area contributed by atoms with Gasteiger partial charge in [0.1, 0.15) is 11.6 Å². The van der Waals surface area contributed by atoms with Gasteiger partial charge in [-0.25, -0.2) is 9.37 Å². The van der Waals surface area contributed by atoms with Gasteiger partial charge in [-0.15, -0.1) is 0 Å². The summed E-state index contributed by atoms with van der Waals surface area (Å²) < 4.78 is 15.0. The van der Waals surface area contributed by atoms with Gasteiger partial charge in [0.15, 0.2) is 0 Å². The zero-order valence-corrected chi connectivity index (χ0v) is 18.5. The third kappa shape index (κ3) is 4.60. The molecule has 0 spiro atoms. The number of rotatable bonds is 6. The third-order valence-electron chi connectivity index (χ3n) is 5.60. The molecule has 0 fully saturated rings. The van der Waals surface area contributed by atoms with E-state index in [0.29, 0.717) is 28.8 Å². The topological polar surface area (TPSA) is 55.2 Å². The second-order valence-electron chi connectivity index (χ2n) is 7.72. The second-order valence-corrected chi connectivity index (χ2v) is 7.72. The summed E-state index contributed by atoms with van der Waals surface area (Å²) in [5.74, 6) is -0.178. The molecule has 0 saturated carbocycles. The first kappa shape index (κ1) is 22.1. The number of para-hydroxylation sites is 1. The van der Waals surface area contributed by atoms with Crippen LogP contribution in [0.2, 0.25) is 0 Å². The van der Waals surface area contributed by atoms with E-state index in [1.807, 2.05) is 43.3 Å². The van der Waals surface area contributed by atoms with Crippen LogP contribution < -0.4 is 5.56 Å². The second kappa shape index (κ2) is 9.61. The maximum absolute atomic E-state index is 13.6. The van der Waals surface area contributed by atoms with Crippen molar-refractivity contribution in [1.29, 1.82) is 0 Å². The number of likely N-dealkylation sites (N-methyl/N-ethyl adjacent to an activating group) is 1. The van der Waals surface area contributed by atoms with E-state index < -0.39 is 11.9 Å². The quantitative estimate of drug-likeness (QED) is 0.389. The van der Waals surface area contributed by atoms with E-state index in [1.54, 1.807) is 48.4 Å². The number of halogens is 1. The summed E-state index contributed by atoms with van der Waals surface area (Å²) >= 11 is 0. The van der Waals surface area contributed by atoms with Crippen molar-refractivity contribution in [3.8, 4) is 5.69 Å². The fourth-order valence-electron chi connectivity index (χ4n) is 3.85. The van der Waals surface area contributed by atoms with Crippen molar-refractivity contribution in [1.82, 2.24) is 14.5 Å². The van der Waals surface area contributed by atoms with Crippen LogP contribution in [0.4, 0.5) is 4.39 Å². The van der Waals surface area contributed by atoms with Crippen LogP contribution in [0.15, 0.2) is 89.7 Å². The maximum atomic E-state index is 13.6. The molecule has 1 amide bonds. The molecule has 1 aromatic heterocycles. The molecule has 4 aromatic rings. The Labute approximate surface area is 191 Å². The average Bonchev–Trinajstić information content (AvgIpc) is 2.84. The van der Waals surface area contributed by atoms with Crippen molar-refractivity contribution in [3.63, 3.8) is 0 Å². The Morgan fingerprint density at radius 1 is 1.03 bits per heavy atom. The third-order valence-corrected chi connectivity index (χ3v) is 5.60. The lowest BCUT2D eigenvalue weighted by atomic mass is 10.1. The minimum absolute atomic E-state index is 0.209. The first-order chi connectivity index (χ1) is 16.0. The van der Waals surface area contributed by atoms with E-state index in [9.17, 15) is 14.0 Å². The first-order valence-corrected chi connectivity index (χ1v) is 10.8. The van der Waals surface area contributed by atoms with E-state index in [-0.39, 0.29) is 11.5 Å². The van der Waals surface area contributed by atoms with E-state index >= 15 is 0 Å². The molecule has 5 nitrogen and oxygen atoms in total. The van der Waals surface area contributed by atoms with Gasteiger partial charge in [-0.05, 0) is 54.5 Å². The molecule has 33 heavy (non-hydrogen) atoms. The molecule has 6 heteroatoms. The average molecular weight is 442 g/mol. The van der Waals surface area contributed by atoms with Crippen molar-refractivity contribution in [3.05, 3.63) is 112 Å². The van der Waals surface area contributed by atoms with E-state index in [2.05, 4.69) is 0 Å². The predicted molar refractivity (Wildman–Crippen MR) is 129 cm³/mol. The molecular formula is C27H24FN3O2. The Kier molecular flexibility index (Phi) is 6.45. The Morgan fingerprint density at radius 2 is 1.70 bits per heavy atom. The highest BCUT2D eigenvalue weighted by atomic mass is 19.1. The van der Waals surface area contributed by atoms with Crippen LogP contribution in [0.1, 0.15) is 30.8 Å². The van der Waals surface area contributed by atoms with Crippen molar-refractivity contribution >= 4 is 22.9 Å². The highest BCUT2D eigenvalue weighted by Gasteiger charge is 2.25. The molecule has 0 radical (unpaired) electrons. The van der Waals surface area contributed by atoms with Crippen molar-refractivity contribution < 1.29 is 9.18 Å². The molecule has 4 rings (SSSR count). The number of hydrogen-bond donors (Lipinski definition) is 0. The molecule has 0 aliphatic rings. The SMILES string of the molecule is CCC(c1nc2ccccc2c(=O)n1-c1ccc(F)cc1)N(C)C(=O)/C=C/c1ccccc1. The largest absolute Gasteiger partial charge is 0.332 e. The summed E-state index contributed by atoms with van der Waals surface area (Å²) in [5.41, 5.74) is 1.70. The minimum atomic E-state index is -0.472. The summed E-state index contributed by atoms with van der Waals surface area (Å²) in [5, 5.41) is 0.457. The monoisotopic (exact) mass is 441 g/mol. The zero-order valence-electron chi connectivity index (χ0n) is 18.5. The van der Waals surface area contributed by atoms with Gasteiger partial charge in [0.2, 0.25) is 5.91 Å². The molecule has 166 valence electrons. The zero-order chi connectivity index (χ0) is 23.4. The number of amides is 1. The first-order valence-electron chi connectivity index (χ1n) is 10.8. The van der Waals surface area contributed by atoms with E-state index in [4.69, 9.17) is 4.98 Å². The Hall–Kier alpha value is -4.06. The number of hydrogen-bond acceptors (Lipinski definition) is 3. The van der Waals surface area contributed by atoms with Crippen LogP contribution in [-0.2, 0) is 4.79 Å². The standard InChI is InChI=1S/C27H24FN3O2/c1-3-24(30(2)25(32)18-13-19-9-5-4-6-10-19)26-29-23-12-8-7-11-22(23)27(33)31(26)21-16-14-20(28)15-17-21/h4-18,24H,3H2,1-2H3/b18-13+. The van der Waals surface area contributed by atoms with Gasteiger partial charge in [0, 0.05) is 13.1 Å². The van der Waals surface area contributed by atoms with Crippen LogP contribution in [0.5, 0.6) is 0 Å². The predicted octanol–water partition coefficient (Wildman–Crippen LogP) is 5.15. The lowest BCUT2D eigenvalue weighted by molar-refractivity contribution is -0.127. The molecule has 0 aliphatic heterocycles. The number of carbonyl (C=O) groups excluding carboxylic acids is 1. The van der Waals surface area contributed by atoms with Crippen molar-refractivity contribution in [2.75, 3.05) is 7.05 Å². The van der Waals surface area contributed by atoms with Gasteiger partial charge in [0.25, 0.3) is 5.56 Å². The van der Waals surface area contributed by atoms with Crippen LogP contribution in [0, 0.1) is 5.82 Å². The van der Waals surface area contributed by atoms with Gasteiger partial charge in [-0.3, -0.25) is 14.2 Å². The van der Waals surface area contributed by atoms with Crippen LogP contribution in [0.3, 0.4) is 0 Å². The van der Waals surface area contributed by atoms with Crippen LogP contribution in [-0.4, -0.2) is 27.4 Å². The minimum Gasteiger partial charge on any atom is -0.332 e. The van der Waals surface area contributed by atoms with Gasteiger partial charge in [-0.1, -0.05) is 49.4 Å². The summed E-state index contributed by atoms with van der Waals surface area (Å²) in [4.78, 5) is 32.8. The molecule has 0 aliphatic carbocycles. The Bertz CT molecular complexity index is 1360. The molecule has 0 bridgehead atoms. The van der Waals surface area contributed by atoms with Gasteiger partial charge < -0.3 is 4.90 Å². The smallest absolute Gasteiger partial charge is 0.266 e. The van der Waals surface area contributed by atoms with Crippen LogP contribution in [0.25, 0.3) is 22.7 Å². The summed E-state index contributed by atoms with van der Waals surface area (Å²) in [6.45, 7) is 1.94. The lowest BCUT2D eigenvalue weighted by Crippen LogP contribution is -2.35. The van der Waals surface area contributed by atoms with Crippen molar-refractivity contribution in [2.24, 2.45) is 0 Å².